The first-order valence-corrected chi connectivity index (χ1v) is 4.29. The first-order chi connectivity index (χ1) is 6.65. The van der Waals surface area contributed by atoms with Crippen LogP contribution < -0.4 is 4.90 Å². The Morgan fingerprint density at radius 1 is 1.50 bits per heavy atom. The van der Waals surface area contributed by atoms with Gasteiger partial charge in [-0.1, -0.05) is 6.08 Å². The molecule has 0 aliphatic carbocycles. The minimum Gasteiger partial charge on any atom is -0.309 e. The first-order valence-electron chi connectivity index (χ1n) is 4.29. The number of carbonyl (C=O) groups is 1. The number of nitrogens with zero attached hydrogens (tertiary/aromatic N) is 1. The first kappa shape index (κ1) is 10.4. The largest absolute Gasteiger partial charge is 0.309 e. The molecule has 74 valence electrons. The Morgan fingerprint density at radius 2 is 2.07 bits per heavy atom. The highest BCUT2D eigenvalue weighted by atomic mass is 19.1. The van der Waals surface area contributed by atoms with Gasteiger partial charge in [-0.2, -0.15) is 0 Å². The Bertz CT molecular complexity index is 332. The molecule has 1 amide bonds. The van der Waals surface area contributed by atoms with Gasteiger partial charge in [0.2, 0.25) is 5.91 Å². The summed E-state index contributed by atoms with van der Waals surface area (Å²) < 4.78 is 12.6. The van der Waals surface area contributed by atoms with Crippen LogP contribution in [0, 0.1) is 5.82 Å². The van der Waals surface area contributed by atoms with Crippen LogP contribution in [0.15, 0.2) is 36.9 Å². The third-order valence-electron chi connectivity index (χ3n) is 1.83. The third kappa shape index (κ3) is 2.42. The van der Waals surface area contributed by atoms with E-state index in [0.717, 1.165) is 0 Å². The number of carbonyl (C=O) groups excluding carboxylic acids is 1. The smallest absolute Gasteiger partial charge is 0.224 e. The van der Waals surface area contributed by atoms with E-state index < -0.39 is 0 Å². The van der Waals surface area contributed by atoms with Crippen molar-refractivity contribution in [3.05, 3.63) is 42.7 Å². The highest BCUT2D eigenvalue weighted by molar-refractivity contribution is 5.91. The summed E-state index contributed by atoms with van der Waals surface area (Å²) in [4.78, 5) is 12.7. The summed E-state index contributed by atoms with van der Waals surface area (Å²) in [6.45, 7) is 5.45. The van der Waals surface area contributed by atoms with Gasteiger partial charge in [0.1, 0.15) is 5.82 Å². The van der Waals surface area contributed by atoms with E-state index in [9.17, 15) is 9.18 Å². The van der Waals surface area contributed by atoms with E-state index in [1.807, 2.05) is 0 Å². The number of hydrogen-bond acceptors (Lipinski definition) is 1. The summed E-state index contributed by atoms with van der Waals surface area (Å²) in [5, 5.41) is 0. The van der Waals surface area contributed by atoms with Gasteiger partial charge in [-0.15, -0.1) is 6.58 Å². The maximum Gasteiger partial charge on any atom is 0.224 e. The number of anilines is 1. The molecule has 0 atom stereocenters. The Kier molecular flexibility index (Phi) is 3.40. The summed E-state index contributed by atoms with van der Waals surface area (Å²) in [7, 11) is 0. The van der Waals surface area contributed by atoms with Gasteiger partial charge in [0.25, 0.3) is 0 Å². The van der Waals surface area contributed by atoms with Gasteiger partial charge in [-0.25, -0.2) is 4.39 Å². The zero-order valence-electron chi connectivity index (χ0n) is 8.03. The fourth-order valence-corrected chi connectivity index (χ4v) is 1.17. The van der Waals surface area contributed by atoms with Crippen LogP contribution in [0.5, 0.6) is 0 Å². The molecule has 0 unspecified atom stereocenters. The van der Waals surface area contributed by atoms with Crippen molar-refractivity contribution < 1.29 is 9.18 Å². The molecule has 0 radical (unpaired) electrons. The molecule has 0 saturated carbocycles. The highest BCUT2D eigenvalue weighted by Crippen LogP contribution is 2.14. The number of benzene rings is 1. The molecule has 0 spiro atoms. The summed E-state index contributed by atoms with van der Waals surface area (Å²) in [5.41, 5.74) is 0.679. The standard InChI is InChI=1S/C11H12FNO/c1-3-8-13(9(2)14)11-6-4-10(12)5-7-11/h3-7H,1,8H2,2H3. The predicted octanol–water partition coefficient (Wildman–Crippen LogP) is 2.36. The Hall–Kier alpha value is -1.64. The molecular weight excluding hydrogens is 181 g/mol. The van der Waals surface area contributed by atoms with Crippen molar-refractivity contribution in [2.75, 3.05) is 11.4 Å². The summed E-state index contributed by atoms with van der Waals surface area (Å²) >= 11 is 0. The van der Waals surface area contributed by atoms with Crippen molar-refractivity contribution >= 4 is 11.6 Å². The lowest BCUT2D eigenvalue weighted by Crippen LogP contribution is -2.28. The van der Waals surface area contributed by atoms with Crippen molar-refractivity contribution in [1.29, 1.82) is 0 Å². The number of halogens is 1. The topological polar surface area (TPSA) is 20.3 Å². The summed E-state index contributed by atoms with van der Waals surface area (Å²) in [6.07, 6.45) is 1.63. The van der Waals surface area contributed by atoms with Crippen LogP contribution in [0.25, 0.3) is 0 Å². The lowest BCUT2D eigenvalue weighted by molar-refractivity contribution is -0.116. The number of rotatable bonds is 3. The van der Waals surface area contributed by atoms with E-state index in [2.05, 4.69) is 6.58 Å². The second-order valence-electron chi connectivity index (χ2n) is 2.89. The van der Waals surface area contributed by atoms with E-state index >= 15 is 0 Å². The number of amides is 1. The van der Waals surface area contributed by atoms with Gasteiger partial charge in [0.05, 0.1) is 0 Å². The van der Waals surface area contributed by atoms with Crippen LogP contribution in [0.4, 0.5) is 10.1 Å². The average molecular weight is 193 g/mol. The van der Waals surface area contributed by atoms with Crippen LogP contribution in [-0.4, -0.2) is 12.5 Å². The molecule has 3 heteroatoms. The quantitative estimate of drug-likeness (QED) is 0.675. The molecular formula is C11H12FNO. The molecule has 1 aromatic rings. The van der Waals surface area contributed by atoms with Gasteiger partial charge in [0.15, 0.2) is 0 Å². The molecule has 0 N–H and O–H groups in total. The van der Waals surface area contributed by atoms with Gasteiger partial charge in [-0.05, 0) is 24.3 Å². The molecule has 14 heavy (non-hydrogen) atoms. The zero-order chi connectivity index (χ0) is 10.6. The molecule has 1 rings (SSSR count). The minimum absolute atomic E-state index is 0.0866. The molecule has 0 saturated heterocycles. The third-order valence-corrected chi connectivity index (χ3v) is 1.83. The predicted molar refractivity (Wildman–Crippen MR) is 54.6 cm³/mol. The van der Waals surface area contributed by atoms with Crippen LogP contribution in [0.3, 0.4) is 0 Å². The van der Waals surface area contributed by atoms with E-state index in [-0.39, 0.29) is 11.7 Å². The Labute approximate surface area is 82.7 Å². The maximum atomic E-state index is 12.6. The fourth-order valence-electron chi connectivity index (χ4n) is 1.17. The van der Waals surface area contributed by atoms with E-state index in [1.165, 1.54) is 24.0 Å². The lowest BCUT2D eigenvalue weighted by atomic mass is 10.2. The van der Waals surface area contributed by atoms with Crippen molar-refractivity contribution in [2.24, 2.45) is 0 Å². The van der Waals surface area contributed by atoms with Gasteiger partial charge >= 0.3 is 0 Å². The SMILES string of the molecule is C=CCN(C(C)=O)c1ccc(F)cc1. The zero-order valence-corrected chi connectivity index (χ0v) is 8.03. The minimum atomic E-state index is -0.309. The monoisotopic (exact) mass is 193 g/mol. The summed E-state index contributed by atoms with van der Waals surface area (Å²) in [5.74, 6) is -0.396. The normalized spacial score (nSPS) is 9.57. The van der Waals surface area contributed by atoms with Crippen LogP contribution >= 0.6 is 0 Å². The second kappa shape index (κ2) is 4.56. The van der Waals surface area contributed by atoms with Crippen molar-refractivity contribution in [1.82, 2.24) is 0 Å². The second-order valence-corrected chi connectivity index (χ2v) is 2.89. The van der Waals surface area contributed by atoms with Gasteiger partial charge in [0, 0.05) is 19.2 Å². The van der Waals surface area contributed by atoms with E-state index in [1.54, 1.807) is 18.2 Å². The lowest BCUT2D eigenvalue weighted by Gasteiger charge is -2.18. The molecule has 0 fully saturated rings. The molecule has 0 bridgehead atoms. The maximum absolute atomic E-state index is 12.6. The van der Waals surface area contributed by atoms with Crippen molar-refractivity contribution in [3.8, 4) is 0 Å². The van der Waals surface area contributed by atoms with Crippen molar-refractivity contribution in [2.45, 2.75) is 6.92 Å². The van der Waals surface area contributed by atoms with Gasteiger partial charge < -0.3 is 4.90 Å². The molecule has 1 aromatic carbocycles. The van der Waals surface area contributed by atoms with Crippen LogP contribution in [0.1, 0.15) is 6.92 Å². The molecule has 0 aliphatic heterocycles. The van der Waals surface area contributed by atoms with E-state index in [4.69, 9.17) is 0 Å². The van der Waals surface area contributed by atoms with Gasteiger partial charge in [-0.3, -0.25) is 4.79 Å². The summed E-state index contributed by atoms with van der Waals surface area (Å²) in [6, 6.07) is 5.79. The molecule has 2 nitrogen and oxygen atoms in total. The average Bonchev–Trinajstić information content (AvgIpc) is 2.15. The Balaban J connectivity index is 2.93. The molecule has 0 aromatic heterocycles. The van der Waals surface area contributed by atoms with Crippen molar-refractivity contribution in [3.63, 3.8) is 0 Å². The fraction of sp³-hybridized carbons (Fsp3) is 0.182. The molecule has 0 heterocycles. The van der Waals surface area contributed by atoms with Crippen LogP contribution in [0.2, 0.25) is 0 Å². The van der Waals surface area contributed by atoms with E-state index in [0.29, 0.717) is 12.2 Å². The Morgan fingerprint density at radius 3 is 2.50 bits per heavy atom. The highest BCUT2D eigenvalue weighted by Gasteiger charge is 2.08. The van der Waals surface area contributed by atoms with Crippen LogP contribution in [-0.2, 0) is 4.79 Å². The number of hydrogen-bond donors (Lipinski definition) is 0. The molecule has 0 aliphatic rings.